The Morgan fingerprint density at radius 3 is 2.37 bits per heavy atom. The zero-order chi connectivity index (χ0) is 26.6. The van der Waals surface area contributed by atoms with E-state index in [-0.39, 0.29) is 26.1 Å². The third-order valence-corrected chi connectivity index (χ3v) is 4.65. The predicted octanol–water partition coefficient (Wildman–Crippen LogP) is 0.812. The van der Waals surface area contributed by atoms with Gasteiger partial charge in [0.2, 0.25) is 11.8 Å². The molecule has 0 aliphatic heterocycles. The lowest BCUT2D eigenvalue weighted by molar-refractivity contribution is -0.145. The standard InChI is InChI=1S/C24H37N3O8/c1-6-34-19(30)10-11-25-21(31)20(17-9-7-8-16(2)14-17)27(12-13-28)22(32)18(15-29)26-23(33)35-24(3,4)5/h7-9,14,18,20,28-29H,6,10-13,15H2,1-5H3,(H,25,31)(H,26,33). The maximum absolute atomic E-state index is 13.4. The van der Waals surface area contributed by atoms with Gasteiger partial charge in [-0.2, -0.15) is 0 Å². The van der Waals surface area contributed by atoms with Gasteiger partial charge < -0.3 is 35.2 Å². The van der Waals surface area contributed by atoms with Gasteiger partial charge in [0.25, 0.3) is 0 Å². The Bertz CT molecular complexity index is 869. The normalized spacial score (nSPS) is 12.8. The van der Waals surface area contributed by atoms with E-state index in [2.05, 4.69) is 10.6 Å². The molecule has 0 saturated heterocycles. The van der Waals surface area contributed by atoms with Gasteiger partial charge in [0.05, 0.1) is 26.2 Å². The van der Waals surface area contributed by atoms with Crippen LogP contribution < -0.4 is 10.6 Å². The molecular weight excluding hydrogens is 458 g/mol. The van der Waals surface area contributed by atoms with Crippen molar-refractivity contribution in [3.05, 3.63) is 35.4 Å². The highest BCUT2D eigenvalue weighted by atomic mass is 16.6. The molecule has 0 aliphatic carbocycles. The Balaban J connectivity index is 3.23. The number of nitrogens with one attached hydrogen (secondary N) is 2. The van der Waals surface area contributed by atoms with Gasteiger partial charge in [0.15, 0.2) is 0 Å². The summed E-state index contributed by atoms with van der Waals surface area (Å²) in [5.41, 5.74) is 0.448. The number of nitrogens with zero attached hydrogens (tertiary/aromatic N) is 1. The Morgan fingerprint density at radius 2 is 1.83 bits per heavy atom. The number of aliphatic hydroxyl groups is 2. The fourth-order valence-corrected chi connectivity index (χ4v) is 3.24. The highest BCUT2D eigenvalue weighted by Crippen LogP contribution is 2.23. The molecule has 0 radical (unpaired) electrons. The summed E-state index contributed by atoms with van der Waals surface area (Å²) in [6.45, 7) is 7.13. The molecule has 1 rings (SSSR count). The zero-order valence-corrected chi connectivity index (χ0v) is 21.0. The van der Waals surface area contributed by atoms with Gasteiger partial charge >= 0.3 is 12.1 Å². The van der Waals surface area contributed by atoms with Crippen molar-refractivity contribution in [3.63, 3.8) is 0 Å². The zero-order valence-electron chi connectivity index (χ0n) is 21.0. The van der Waals surface area contributed by atoms with E-state index in [9.17, 15) is 29.4 Å². The highest BCUT2D eigenvalue weighted by Gasteiger charge is 2.36. The molecule has 0 heterocycles. The average molecular weight is 496 g/mol. The largest absolute Gasteiger partial charge is 0.466 e. The van der Waals surface area contributed by atoms with E-state index in [0.29, 0.717) is 5.56 Å². The second kappa shape index (κ2) is 14.3. The molecule has 0 aromatic heterocycles. The van der Waals surface area contributed by atoms with Crippen LogP contribution in [0.4, 0.5) is 4.79 Å². The Hall–Kier alpha value is -3.18. The monoisotopic (exact) mass is 495 g/mol. The maximum atomic E-state index is 13.4. The number of amides is 3. The van der Waals surface area contributed by atoms with Crippen molar-refractivity contribution in [1.82, 2.24) is 15.5 Å². The van der Waals surface area contributed by atoms with Gasteiger partial charge in [-0.15, -0.1) is 0 Å². The van der Waals surface area contributed by atoms with Crippen LogP contribution in [0.5, 0.6) is 0 Å². The van der Waals surface area contributed by atoms with Crippen molar-refractivity contribution in [2.75, 3.05) is 32.9 Å². The number of hydrogen-bond acceptors (Lipinski definition) is 8. The van der Waals surface area contributed by atoms with Crippen LogP contribution in [0.3, 0.4) is 0 Å². The lowest BCUT2D eigenvalue weighted by Gasteiger charge is -2.33. The second-order valence-corrected chi connectivity index (χ2v) is 8.80. The molecular formula is C24H37N3O8. The summed E-state index contributed by atoms with van der Waals surface area (Å²) >= 11 is 0. The minimum atomic E-state index is -1.42. The minimum absolute atomic E-state index is 0.0271. The Kier molecular flexibility index (Phi) is 12.2. The smallest absolute Gasteiger partial charge is 0.408 e. The number of aryl methyl sites for hydroxylation is 1. The first-order valence-corrected chi connectivity index (χ1v) is 11.4. The summed E-state index contributed by atoms with van der Waals surface area (Å²) < 4.78 is 10.0. The van der Waals surface area contributed by atoms with Crippen molar-refractivity contribution in [2.45, 2.75) is 58.7 Å². The molecule has 4 N–H and O–H groups in total. The first-order chi connectivity index (χ1) is 16.4. The topological polar surface area (TPSA) is 154 Å². The van der Waals surface area contributed by atoms with Crippen molar-refractivity contribution in [3.8, 4) is 0 Å². The predicted molar refractivity (Wildman–Crippen MR) is 127 cm³/mol. The first-order valence-electron chi connectivity index (χ1n) is 11.4. The number of hydrogen-bond donors (Lipinski definition) is 4. The molecule has 0 spiro atoms. The molecule has 2 atom stereocenters. The van der Waals surface area contributed by atoms with E-state index in [0.717, 1.165) is 10.5 Å². The van der Waals surface area contributed by atoms with Gasteiger partial charge in [-0.25, -0.2) is 4.79 Å². The number of ether oxygens (including phenoxy) is 2. The van der Waals surface area contributed by atoms with Crippen LogP contribution in [0.25, 0.3) is 0 Å². The summed E-state index contributed by atoms with van der Waals surface area (Å²) in [6, 6.07) is 4.27. The van der Waals surface area contributed by atoms with Crippen molar-refractivity contribution >= 4 is 23.9 Å². The van der Waals surface area contributed by atoms with Crippen LogP contribution >= 0.6 is 0 Å². The lowest BCUT2D eigenvalue weighted by atomic mass is 10.0. The molecule has 11 nitrogen and oxygen atoms in total. The maximum Gasteiger partial charge on any atom is 0.408 e. The van der Waals surface area contributed by atoms with E-state index >= 15 is 0 Å². The van der Waals surface area contributed by atoms with Crippen LogP contribution in [-0.4, -0.2) is 83.5 Å². The molecule has 11 heteroatoms. The molecule has 196 valence electrons. The fourth-order valence-electron chi connectivity index (χ4n) is 3.24. The number of carbonyl (C=O) groups excluding carboxylic acids is 4. The number of carbonyl (C=O) groups is 4. The van der Waals surface area contributed by atoms with Gasteiger partial charge in [-0.3, -0.25) is 14.4 Å². The molecule has 35 heavy (non-hydrogen) atoms. The van der Waals surface area contributed by atoms with Crippen molar-refractivity contribution < 1.29 is 38.9 Å². The second-order valence-electron chi connectivity index (χ2n) is 8.80. The van der Waals surface area contributed by atoms with E-state index < -0.39 is 54.8 Å². The first kappa shape index (κ1) is 29.9. The molecule has 3 amide bonds. The molecule has 1 aromatic rings. The summed E-state index contributed by atoms with van der Waals surface area (Å²) in [6.07, 6.45) is -0.979. The SMILES string of the molecule is CCOC(=O)CCNC(=O)C(c1cccc(C)c1)N(CCO)C(=O)C(CO)NC(=O)OC(C)(C)C. The third kappa shape index (κ3) is 10.3. The van der Waals surface area contributed by atoms with Crippen LogP contribution in [0, 0.1) is 6.92 Å². The summed E-state index contributed by atoms with van der Waals surface area (Å²) in [4.78, 5) is 51.5. The van der Waals surface area contributed by atoms with Crippen LogP contribution in [0.2, 0.25) is 0 Å². The Labute approximate surface area is 205 Å². The quantitative estimate of drug-likeness (QED) is 0.311. The molecule has 0 bridgehead atoms. The van der Waals surface area contributed by atoms with Crippen molar-refractivity contribution in [2.24, 2.45) is 0 Å². The lowest BCUT2D eigenvalue weighted by Crippen LogP contribution is -2.55. The molecule has 0 fully saturated rings. The number of esters is 1. The number of alkyl carbamates (subject to hydrolysis) is 1. The molecule has 0 saturated carbocycles. The third-order valence-electron chi connectivity index (χ3n) is 4.65. The molecule has 0 aliphatic rings. The minimum Gasteiger partial charge on any atom is -0.466 e. The van der Waals surface area contributed by atoms with Gasteiger partial charge in [-0.05, 0) is 40.2 Å². The van der Waals surface area contributed by atoms with Crippen LogP contribution in [-0.2, 0) is 23.9 Å². The molecule has 2 unspecified atom stereocenters. The number of rotatable bonds is 12. The summed E-state index contributed by atoms with van der Waals surface area (Å²) in [7, 11) is 0. The van der Waals surface area contributed by atoms with Gasteiger partial charge in [0, 0.05) is 13.1 Å². The van der Waals surface area contributed by atoms with E-state index in [1.54, 1.807) is 45.9 Å². The number of benzene rings is 1. The van der Waals surface area contributed by atoms with Crippen LogP contribution in [0.15, 0.2) is 24.3 Å². The summed E-state index contributed by atoms with van der Waals surface area (Å²) in [5.74, 6) is -1.87. The van der Waals surface area contributed by atoms with Crippen LogP contribution in [0.1, 0.15) is 51.3 Å². The van der Waals surface area contributed by atoms with Gasteiger partial charge in [0.1, 0.15) is 17.7 Å². The average Bonchev–Trinajstić information content (AvgIpc) is 2.75. The Morgan fingerprint density at radius 1 is 1.14 bits per heavy atom. The summed E-state index contributed by atoms with van der Waals surface area (Å²) in [5, 5.41) is 24.4. The fraction of sp³-hybridized carbons (Fsp3) is 0.583. The van der Waals surface area contributed by atoms with Gasteiger partial charge in [-0.1, -0.05) is 29.8 Å². The highest BCUT2D eigenvalue weighted by molar-refractivity contribution is 5.92. The van der Waals surface area contributed by atoms with Crippen molar-refractivity contribution in [1.29, 1.82) is 0 Å². The van der Waals surface area contributed by atoms with E-state index in [1.807, 2.05) is 13.0 Å². The molecule has 1 aromatic carbocycles. The van der Waals surface area contributed by atoms with E-state index in [4.69, 9.17) is 9.47 Å². The number of aliphatic hydroxyl groups excluding tert-OH is 2. The van der Waals surface area contributed by atoms with E-state index in [1.165, 1.54) is 0 Å².